The minimum atomic E-state index is -0.865. The molecule has 0 radical (unpaired) electrons. The van der Waals surface area contributed by atoms with E-state index in [9.17, 15) is 14.4 Å². The van der Waals surface area contributed by atoms with Crippen molar-refractivity contribution in [2.45, 2.75) is 18.9 Å². The summed E-state index contributed by atoms with van der Waals surface area (Å²) in [6.45, 7) is 0.748. The lowest BCUT2D eigenvalue weighted by atomic mass is 10.2. The lowest BCUT2D eigenvalue weighted by molar-refractivity contribution is -0.139. The van der Waals surface area contributed by atoms with Crippen LogP contribution in [0, 0.1) is 0 Å². The summed E-state index contributed by atoms with van der Waals surface area (Å²) in [6, 6.07) is 11.4. The first kappa shape index (κ1) is 24.5. The first-order valence-electron chi connectivity index (χ1n) is 10.1. The first-order valence-corrected chi connectivity index (χ1v) is 10.9. The third-order valence-corrected chi connectivity index (χ3v) is 5.10. The Hall–Kier alpha value is -3.14. The highest BCUT2D eigenvalue weighted by Crippen LogP contribution is 2.25. The number of halogens is 2. The summed E-state index contributed by atoms with van der Waals surface area (Å²) in [5.41, 5.74) is 3.25. The van der Waals surface area contributed by atoms with Gasteiger partial charge in [0.15, 0.2) is 6.61 Å². The molecule has 2 aromatic carbocycles. The molecular formula is C22H22Cl2N4O5. The van der Waals surface area contributed by atoms with E-state index in [0.29, 0.717) is 40.2 Å². The number of rotatable bonds is 8. The van der Waals surface area contributed by atoms with Gasteiger partial charge in [0.2, 0.25) is 0 Å². The Labute approximate surface area is 200 Å². The zero-order valence-corrected chi connectivity index (χ0v) is 19.0. The molecule has 1 saturated heterocycles. The summed E-state index contributed by atoms with van der Waals surface area (Å²) in [5.74, 6) is -1.56. The van der Waals surface area contributed by atoms with Crippen molar-refractivity contribution >= 4 is 52.8 Å². The summed E-state index contributed by atoms with van der Waals surface area (Å²) in [4.78, 5) is 35.5. The molecule has 0 spiro atoms. The van der Waals surface area contributed by atoms with Crippen LogP contribution in [0.5, 0.6) is 5.75 Å². The highest BCUT2D eigenvalue weighted by molar-refractivity contribution is 6.36. The maximum Gasteiger partial charge on any atom is 0.329 e. The fraction of sp³-hybridized carbons (Fsp3) is 0.273. The molecule has 0 aliphatic carbocycles. The molecule has 1 aliphatic rings. The third-order valence-electron chi connectivity index (χ3n) is 4.56. The van der Waals surface area contributed by atoms with Gasteiger partial charge in [-0.2, -0.15) is 5.10 Å². The molecule has 0 unspecified atom stereocenters. The maximum atomic E-state index is 12.0. The van der Waals surface area contributed by atoms with Crippen molar-refractivity contribution in [3.8, 4) is 5.75 Å². The quantitative estimate of drug-likeness (QED) is 0.297. The fourth-order valence-electron chi connectivity index (χ4n) is 2.88. The van der Waals surface area contributed by atoms with E-state index in [0.717, 1.165) is 12.8 Å². The number of anilines is 1. The first-order chi connectivity index (χ1) is 15.9. The second-order valence-electron chi connectivity index (χ2n) is 7.07. The number of hydrogen-bond acceptors (Lipinski definition) is 6. The van der Waals surface area contributed by atoms with Crippen LogP contribution >= 0.6 is 23.2 Å². The molecule has 1 fully saturated rings. The molecule has 9 nitrogen and oxygen atoms in total. The van der Waals surface area contributed by atoms with E-state index in [1.165, 1.54) is 12.3 Å². The molecule has 0 bridgehead atoms. The number of hydrogen-bond donors (Lipinski definition) is 3. The average Bonchev–Trinajstić information content (AvgIpc) is 3.32. The van der Waals surface area contributed by atoms with Gasteiger partial charge in [-0.25, -0.2) is 5.43 Å². The summed E-state index contributed by atoms with van der Waals surface area (Å²) < 4.78 is 10.8. The Bertz CT molecular complexity index is 1020. The van der Waals surface area contributed by atoms with Crippen LogP contribution in [0.1, 0.15) is 18.4 Å². The van der Waals surface area contributed by atoms with Crippen LogP contribution in [-0.2, 0) is 19.1 Å². The van der Waals surface area contributed by atoms with Gasteiger partial charge in [0.1, 0.15) is 5.75 Å². The zero-order valence-electron chi connectivity index (χ0n) is 17.5. The normalized spacial score (nSPS) is 15.3. The van der Waals surface area contributed by atoms with E-state index >= 15 is 0 Å². The van der Waals surface area contributed by atoms with Gasteiger partial charge >= 0.3 is 11.8 Å². The molecule has 2 aromatic rings. The second kappa shape index (κ2) is 12.2. The fourth-order valence-corrected chi connectivity index (χ4v) is 3.34. The third kappa shape index (κ3) is 8.05. The van der Waals surface area contributed by atoms with Crippen molar-refractivity contribution < 1.29 is 23.9 Å². The second-order valence-corrected chi connectivity index (χ2v) is 7.92. The van der Waals surface area contributed by atoms with Gasteiger partial charge in [-0.15, -0.1) is 0 Å². The molecule has 1 aliphatic heterocycles. The van der Waals surface area contributed by atoms with Crippen molar-refractivity contribution in [1.29, 1.82) is 0 Å². The Kier molecular flexibility index (Phi) is 9.05. The Balaban J connectivity index is 1.39. The molecule has 1 atom stereocenters. The van der Waals surface area contributed by atoms with Crippen LogP contribution in [0.4, 0.5) is 5.69 Å². The minimum absolute atomic E-state index is 0.0488. The summed E-state index contributed by atoms with van der Waals surface area (Å²) in [5, 5.41) is 9.71. The molecule has 3 rings (SSSR count). The monoisotopic (exact) mass is 492 g/mol. The predicted octanol–water partition coefficient (Wildman–Crippen LogP) is 2.76. The molecule has 11 heteroatoms. The van der Waals surface area contributed by atoms with Crippen LogP contribution in [0.15, 0.2) is 47.6 Å². The van der Waals surface area contributed by atoms with Crippen molar-refractivity contribution in [3.05, 3.63) is 58.1 Å². The minimum Gasteiger partial charge on any atom is -0.484 e. The number of benzene rings is 2. The van der Waals surface area contributed by atoms with Crippen LogP contribution in [-0.4, -0.2) is 49.8 Å². The van der Waals surface area contributed by atoms with Gasteiger partial charge in [0.05, 0.1) is 23.0 Å². The van der Waals surface area contributed by atoms with E-state index in [4.69, 9.17) is 32.7 Å². The molecular weight excluding hydrogens is 471 g/mol. The Morgan fingerprint density at radius 2 is 1.91 bits per heavy atom. The lowest BCUT2D eigenvalue weighted by Gasteiger charge is -2.09. The summed E-state index contributed by atoms with van der Waals surface area (Å²) >= 11 is 11.9. The molecule has 3 N–H and O–H groups in total. The number of ether oxygens (including phenoxy) is 2. The number of nitrogens with zero attached hydrogens (tertiary/aromatic N) is 1. The Morgan fingerprint density at radius 1 is 1.12 bits per heavy atom. The van der Waals surface area contributed by atoms with Crippen LogP contribution in [0.25, 0.3) is 0 Å². The topological polar surface area (TPSA) is 118 Å². The highest BCUT2D eigenvalue weighted by Gasteiger charge is 2.18. The van der Waals surface area contributed by atoms with Crippen LogP contribution in [0.2, 0.25) is 10.0 Å². The van der Waals surface area contributed by atoms with Crippen molar-refractivity contribution in [3.63, 3.8) is 0 Å². The van der Waals surface area contributed by atoms with E-state index in [1.54, 1.807) is 36.4 Å². The van der Waals surface area contributed by atoms with Gasteiger partial charge in [-0.05, 0) is 60.9 Å². The predicted molar refractivity (Wildman–Crippen MR) is 125 cm³/mol. The van der Waals surface area contributed by atoms with Crippen molar-refractivity contribution in [1.82, 2.24) is 10.7 Å². The number of carbonyl (C=O) groups is 3. The van der Waals surface area contributed by atoms with E-state index in [2.05, 4.69) is 21.2 Å². The van der Waals surface area contributed by atoms with Crippen molar-refractivity contribution in [2.75, 3.05) is 25.1 Å². The van der Waals surface area contributed by atoms with Crippen LogP contribution < -0.4 is 20.8 Å². The van der Waals surface area contributed by atoms with Gasteiger partial charge in [-0.1, -0.05) is 23.2 Å². The summed E-state index contributed by atoms with van der Waals surface area (Å²) in [7, 11) is 0. The molecule has 0 saturated carbocycles. The number of amides is 3. The SMILES string of the molecule is O=C(COc1ccc(/C=N\NC(=O)C(=O)NC[C@H]2CCCO2)cc1)Nc1ccc(Cl)cc1Cl. The number of carbonyl (C=O) groups excluding carboxylic acids is 3. The molecule has 174 valence electrons. The van der Waals surface area contributed by atoms with Gasteiger partial charge in [0.25, 0.3) is 5.91 Å². The lowest BCUT2D eigenvalue weighted by Crippen LogP contribution is -2.41. The van der Waals surface area contributed by atoms with Gasteiger partial charge in [0, 0.05) is 18.2 Å². The molecule has 33 heavy (non-hydrogen) atoms. The molecule has 3 amide bonds. The zero-order chi connectivity index (χ0) is 23.6. The number of hydrazone groups is 1. The van der Waals surface area contributed by atoms with Crippen LogP contribution in [0.3, 0.4) is 0 Å². The highest BCUT2D eigenvalue weighted by atomic mass is 35.5. The Morgan fingerprint density at radius 3 is 2.61 bits per heavy atom. The standard InChI is InChI=1S/C22H22Cl2N4O5/c23-15-5-8-19(18(24)10-15)27-20(29)13-33-16-6-3-14(4-7-16)11-26-28-22(31)21(30)25-12-17-2-1-9-32-17/h3-8,10-11,17H,1-2,9,12-13H2,(H,25,30)(H,27,29)(H,28,31)/b26-11-/t17-/m1/s1. The van der Waals surface area contributed by atoms with Gasteiger partial charge < -0.3 is 20.1 Å². The smallest absolute Gasteiger partial charge is 0.329 e. The molecule has 0 aromatic heterocycles. The number of nitrogens with one attached hydrogen (secondary N) is 3. The average molecular weight is 493 g/mol. The summed E-state index contributed by atoms with van der Waals surface area (Å²) in [6.07, 6.45) is 3.14. The largest absolute Gasteiger partial charge is 0.484 e. The van der Waals surface area contributed by atoms with E-state index in [1.807, 2.05) is 0 Å². The molecule has 1 heterocycles. The van der Waals surface area contributed by atoms with E-state index < -0.39 is 11.8 Å². The van der Waals surface area contributed by atoms with E-state index in [-0.39, 0.29) is 18.6 Å². The van der Waals surface area contributed by atoms with Gasteiger partial charge in [-0.3, -0.25) is 14.4 Å². The van der Waals surface area contributed by atoms with Crippen molar-refractivity contribution in [2.24, 2.45) is 5.10 Å². The maximum absolute atomic E-state index is 12.0.